The molecule has 0 N–H and O–H groups in total. The van der Waals surface area contributed by atoms with Gasteiger partial charge in [0, 0.05) is 13.7 Å². The third kappa shape index (κ3) is 2.43. The van der Waals surface area contributed by atoms with Gasteiger partial charge in [-0.3, -0.25) is 4.90 Å². The lowest BCUT2D eigenvalue weighted by Crippen LogP contribution is -2.47. The molecule has 0 aromatic heterocycles. The van der Waals surface area contributed by atoms with Crippen LogP contribution >= 0.6 is 0 Å². The Balaban J connectivity index is 2.31. The van der Waals surface area contributed by atoms with E-state index >= 15 is 0 Å². The summed E-state index contributed by atoms with van der Waals surface area (Å²) < 4.78 is 10.4. The molecule has 1 atom stereocenters. The molecule has 0 spiro atoms. The SMILES string of the molecule is CCN1CCOC[C@@H]1COC. The molecule has 1 heterocycles. The fourth-order valence-electron chi connectivity index (χ4n) is 1.45. The lowest BCUT2D eigenvalue weighted by atomic mass is 10.2. The van der Waals surface area contributed by atoms with Gasteiger partial charge in [0.2, 0.25) is 0 Å². The molecule has 0 bridgehead atoms. The Morgan fingerprint density at radius 3 is 3.09 bits per heavy atom. The van der Waals surface area contributed by atoms with Gasteiger partial charge in [-0.15, -0.1) is 0 Å². The predicted octanol–water partition coefficient (Wildman–Crippen LogP) is 0.353. The van der Waals surface area contributed by atoms with Gasteiger partial charge in [0.1, 0.15) is 0 Å². The van der Waals surface area contributed by atoms with Crippen LogP contribution in [0.2, 0.25) is 0 Å². The van der Waals surface area contributed by atoms with E-state index in [2.05, 4.69) is 11.8 Å². The molecule has 66 valence electrons. The molecule has 0 aromatic carbocycles. The van der Waals surface area contributed by atoms with Crippen LogP contribution in [0, 0.1) is 0 Å². The van der Waals surface area contributed by atoms with E-state index in [1.807, 2.05) is 0 Å². The van der Waals surface area contributed by atoms with Crippen molar-refractivity contribution in [3.05, 3.63) is 0 Å². The van der Waals surface area contributed by atoms with Crippen molar-refractivity contribution >= 4 is 0 Å². The van der Waals surface area contributed by atoms with Crippen LogP contribution in [-0.2, 0) is 9.47 Å². The molecule has 3 nitrogen and oxygen atoms in total. The normalized spacial score (nSPS) is 27.3. The van der Waals surface area contributed by atoms with E-state index in [1.54, 1.807) is 7.11 Å². The molecule has 11 heavy (non-hydrogen) atoms. The zero-order valence-electron chi connectivity index (χ0n) is 7.38. The smallest absolute Gasteiger partial charge is 0.0644 e. The first-order valence-corrected chi connectivity index (χ1v) is 4.19. The van der Waals surface area contributed by atoms with Gasteiger partial charge < -0.3 is 9.47 Å². The monoisotopic (exact) mass is 159 g/mol. The minimum absolute atomic E-state index is 0.471. The minimum Gasteiger partial charge on any atom is -0.383 e. The van der Waals surface area contributed by atoms with E-state index in [-0.39, 0.29) is 0 Å². The molecule has 0 amide bonds. The highest BCUT2D eigenvalue weighted by Crippen LogP contribution is 2.05. The average Bonchev–Trinajstić information content (AvgIpc) is 2.06. The Hall–Kier alpha value is -0.120. The first-order valence-electron chi connectivity index (χ1n) is 4.19. The maximum Gasteiger partial charge on any atom is 0.0644 e. The highest BCUT2D eigenvalue weighted by atomic mass is 16.5. The highest BCUT2D eigenvalue weighted by Gasteiger charge is 2.20. The van der Waals surface area contributed by atoms with Crippen LogP contribution in [0.4, 0.5) is 0 Å². The Morgan fingerprint density at radius 2 is 2.45 bits per heavy atom. The van der Waals surface area contributed by atoms with Crippen molar-refractivity contribution in [2.45, 2.75) is 13.0 Å². The Labute approximate surface area is 68.3 Å². The zero-order chi connectivity index (χ0) is 8.10. The number of likely N-dealkylation sites (N-methyl/N-ethyl adjacent to an activating group) is 1. The Bertz CT molecular complexity index is 106. The predicted molar refractivity (Wildman–Crippen MR) is 43.7 cm³/mol. The van der Waals surface area contributed by atoms with Crippen molar-refractivity contribution < 1.29 is 9.47 Å². The Morgan fingerprint density at radius 1 is 1.64 bits per heavy atom. The molecule has 1 fully saturated rings. The summed E-state index contributed by atoms with van der Waals surface area (Å²) in [6.07, 6.45) is 0. The molecule has 0 saturated carbocycles. The second kappa shape index (κ2) is 4.70. The molecule has 0 unspecified atom stereocenters. The van der Waals surface area contributed by atoms with Crippen LogP contribution in [0.25, 0.3) is 0 Å². The van der Waals surface area contributed by atoms with Crippen LogP contribution in [0.3, 0.4) is 0 Å². The van der Waals surface area contributed by atoms with Crippen molar-refractivity contribution in [1.82, 2.24) is 4.90 Å². The molecular formula is C8H17NO2. The van der Waals surface area contributed by atoms with Crippen molar-refractivity contribution in [3.63, 3.8) is 0 Å². The highest BCUT2D eigenvalue weighted by molar-refractivity contribution is 4.73. The first kappa shape index (κ1) is 8.97. The fourth-order valence-corrected chi connectivity index (χ4v) is 1.45. The van der Waals surface area contributed by atoms with Crippen molar-refractivity contribution in [3.8, 4) is 0 Å². The number of morpholine rings is 1. The van der Waals surface area contributed by atoms with Crippen molar-refractivity contribution in [1.29, 1.82) is 0 Å². The molecule has 3 heteroatoms. The van der Waals surface area contributed by atoms with Gasteiger partial charge in [0.05, 0.1) is 25.9 Å². The van der Waals surface area contributed by atoms with E-state index in [0.717, 1.165) is 32.9 Å². The van der Waals surface area contributed by atoms with Crippen LogP contribution in [-0.4, -0.2) is 51.0 Å². The third-order valence-corrected chi connectivity index (χ3v) is 2.11. The maximum atomic E-state index is 5.35. The summed E-state index contributed by atoms with van der Waals surface area (Å²) in [6.45, 7) is 6.79. The van der Waals surface area contributed by atoms with E-state index in [9.17, 15) is 0 Å². The summed E-state index contributed by atoms with van der Waals surface area (Å²) >= 11 is 0. The molecule has 0 aliphatic carbocycles. The third-order valence-electron chi connectivity index (χ3n) is 2.11. The Kier molecular flexibility index (Phi) is 3.83. The van der Waals surface area contributed by atoms with E-state index < -0.39 is 0 Å². The molecule has 0 radical (unpaired) electrons. The van der Waals surface area contributed by atoms with Gasteiger partial charge in [-0.25, -0.2) is 0 Å². The van der Waals surface area contributed by atoms with Crippen LogP contribution in [0.1, 0.15) is 6.92 Å². The van der Waals surface area contributed by atoms with Gasteiger partial charge in [0.25, 0.3) is 0 Å². The largest absolute Gasteiger partial charge is 0.383 e. The van der Waals surface area contributed by atoms with E-state index in [1.165, 1.54) is 0 Å². The van der Waals surface area contributed by atoms with E-state index in [0.29, 0.717) is 6.04 Å². The summed E-state index contributed by atoms with van der Waals surface area (Å²) in [4.78, 5) is 2.40. The number of hydrogen-bond donors (Lipinski definition) is 0. The maximum absolute atomic E-state index is 5.35. The minimum atomic E-state index is 0.471. The lowest BCUT2D eigenvalue weighted by Gasteiger charge is -2.34. The number of ether oxygens (including phenoxy) is 2. The number of nitrogens with zero attached hydrogens (tertiary/aromatic N) is 1. The lowest BCUT2D eigenvalue weighted by molar-refractivity contribution is -0.0326. The van der Waals surface area contributed by atoms with Gasteiger partial charge in [-0.05, 0) is 6.54 Å². The summed E-state index contributed by atoms with van der Waals surface area (Å²) in [7, 11) is 1.74. The second-order valence-corrected chi connectivity index (χ2v) is 2.81. The summed E-state index contributed by atoms with van der Waals surface area (Å²) in [5.74, 6) is 0. The summed E-state index contributed by atoms with van der Waals surface area (Å²) in [5, 5.41) is 0. The molecular weight excluding hydrogens is 142 g/mol. The van der Waals surface area contributed by atoms with Crippen molar-refractivity contribution in [2.75, 3.05) is 40.0 Å². The van der Waals surface area contributed by atoms with Gasteiger partial charge >= 0.3 is 0 Å². The second-order valence-electron chi connectivity index (χ2n) is 2.81. The number of rotatable bonds is 3. The number of methoxy groups -OCH3 is 1. The average molecular weight is 159 g/mol. The molecule has 0 aromatic rings. The first-order chi connectivity index (χ1) is 5.38. The van der Waals surface area contributed by atoms with Gasteiger partial charge in [0.15, 0.2) is 0 Å². The van der Waals surface area contributed by atoms with Crippen LogP contribution in [0.5, 0.6) is 0 Å². The van der Waals surface area contributed by atoms with Gasteiger partial charge in [-0.2, -0.15) is 0 Å². The molecule has 1 saturated heterocycles. The molecule has 1 rings (SSSR count). The summed E-state index contributed by atoms with van der Waals surface area (Å²) in [5.41, 5.74) is 0. The topological polar surface area (TPSA) is 21.7 Å². The standard InChI is InChI=1S/C8H17NO2/c1-3-9-4-5-11-7-8(9)6-10-2/h8H,3-7H2,1-2H3/t8-/m0/s1. The van der Waals surface area contributed by atoms with Crippen LogP contribution in [0.15, 0.2) is 0 Å². The molecule has 1 aliphatic rings. The van der Waals surface area contributed by atoms with Crippen molar-refractivity contribution in [2.24, 2.45) is 0 Å². The number of hydrogen-bond acceptors (Lipinski definition) is 3. The summed E-state index contributed by atoms with van der Waals surface area (Å²) in [6, 6.07) is 0.471. The molecule has 1 aliphatic heterocycles. The zero-order valence-corrected chi connectivity index (χ0v) is 7.38. The fraction of sp³-hybridized carbons (Fsp3) is 1.00. The van der Waals surface area contributed by atoms with Crippen LogP contribution < -0.4 is 0 Å². The van der Waals surface area contributed by atoms with Gasteiger partial charge in [-0.1, -0.05) is 6.92 Å². The quantitative estimate of drug-likeness (QED) is 0.593. The van der Waals surface area contributed by atoms with E-state index in [4.69, 9.17) is 9.47 Å².